The molecule has 0 saturated carbocycles. The summed E-state index contributed by atoms with van der Waals surface area (Å²) in [5.74, 6) is -0.292. The van der Waals surface area contributed by atoms with Gasteiger partial charge in [-0.3, -0.25) is 4.79 Å². The number of carbonyl (C=O) groups is 1. The Labute approximate surface area is 116 Å². The summed E-state index contributed by atoms with van der Waals surface area (Å²) < 4.78 is 42.0. The van der Waals surface area contributed by atoms with E-state index in [9.17, 15) is 18.0 Å². The number of hydrogen-bond donors (Lipinski definition) is 1. The highest BCUT2D eigenvalue weighted by Crippen LogP contribution is 2.29. The number of ether oxygens (including phenoxy) is 1. The standard InChI is InChI=1S/C14H18F3NO2/c1-3-20-13(19)8-10(2)18-9-11-4-6-12(7-5-11)14(15,16)17/h4-7,10,18H,3,8-9H2,1-2H3. The molecule has 0 bridgehead atoms. The van der Waals surface area contributed by atoms with Crippen molar-refractivity contribution in [2.75, 3.05) is 6.61 Å². The Hall–Kier alpha value is -1.56. The van der Waals surface area contributed by atoms with Crippen LogP contribution in [0.4, 0.5) is 13.2 Å². The second kappa shape index (κ2) is 7.28. The Morgan fingerprint density at radius 3 is 2.40 bits per heavy atom. The fraction of sp³-hybridized carbons (Fsp3) is 0.500. The van der Waals surface area contributed by atoms with Crippen LogP contribution < -0.4 is 5.32 Å². The van der Waals surface area contributed by atoms with Gasteiger partial charge in [-0.1, -0.05) is 12.1 Å². The van der Waals surface area contributed by atoms with E-state index in [0.717, 1.165) is 17.7 Å². The molecule has 1 unspecified atom stereocenters. The van der Waals surface area contributed by atoms with Crippen LogP contribution in [-0.4, -0.2) is 18.6 Å². The molecule has 1 aromatic carbocycles. The molecule has 0 fully saturated rings. The molecule has 1 aromatic rings. The summed E-state index contributed by atoms with van der Waals surface area (Å²) in [6.07, 6.45) is -4.09. The summed E-state index contributed by atoms with van der Waals surface area (Å²) in [7, 11) is 0. The van der Waals surface area contributed by atoms with Gasteiger partial charge in [-0.05, 0) is 31.5 Å². The van der Waals surface area contributed by atoms with E-state index >= 15 is 0 Å². The number of nitrogens with one attached hydrogen (secondary N) is 1. The van der Waals surface area contributed by atoms with Crippen LogP contribution >= 0.6 is 0 Å². The third kappa shape index (κ3) is 5.61. The molecule has 0 aliphatic rings. The van der Waals surface area contributed by atoms with Crippen LogP contribution in [0.3, 0.4) is 0 Å². The van der Waals surface area contributed by atoms with Gasteiger partial charge in [-0.15, -0.1) is 0 Å². The summed E-state index contributed by atoms with van der Waals surface area (Å²) in [6, 6.07) is 4.84. The fourth-order valence-corrected chi connectivity index (χ4v) is 1.65. The number of esters is 1. The molecule has 1 rings (SSSR count). The van der Waals surface area contributed by atoms with Crippen LogP contribution in [0.1, 0.15) is 31.4 Å². The Kier molecular flexibility index (Phi) is 6.01. The zero-order chi connectivity index (χ0) is 15.2. The number of halogens is 3. The lowest BCUT2D eigenvalue weighted by molar-refractivity contribution is -0.143. The number of hydrogen-bond acceptors (Lipinski definition) is 3. The minimum Gasteiger partial charge on any atom is -0.466 e. The Bertz CT molecular complexity index is 429. The molecule has 1 N–H and O–H groups in total. The Morgan fingerprint density at radius 1 is 1.30 bits per heavy atom. The van der Waals surface area contributed by atoms with Crippen LogP contribution in [-0.2, 0) is 22.3 Å². The molecule has 0 heterocycles. The number of alkyl halides is 3. The molecular weight excluding hydrogens is 271 g/mol. The monoisotopic (exact) mass is 289 g/mol. The summed E-state index contributed by atoms with van der Waals surface area (Å²) >= 11 is 0. The van der Waals surface area contributed by atoms with Gasteiger partial charge in [0.05, 0.1) is 18.6 Å². The maximum absolute atomic E-state index is 12.4. The maximum atomic E-state index is 12.4. The van der Waals surface area contributed by atoms with Crippen LogP contribution in [0.25, 0.3) is 0 Å². The van der Waals surface area contributed by atoms with Crippen LogP contribution in [0.2, 0.25) is 0 Å². The van der Waals surface area contributed by atoms with E-state index in [2.05, 4.69) is 5.32 Å². The van der Waals surface area contributed by atoms with Gasteiger partial charge in [-0.25, -0.2) is 0 Å². The van der Waals surface area contributed by atoms with Crippen molar-refractivity contribution in [1.82, 2.24) is 5.32 Å². The van der Waals surface area contributed by atoms with Gasteiger partial charge in [-0.2, -0.15) is 13.2 Å². The molecule has 0 radical (unpaired) electrons. The van der Waals surface area contributed by atoms with E-state index in [1.54, 1.807) is 6.92 Å². The number of benzene rings is 1. The predicted octanol–water partition coefficient (Wildman–Crippen LogP) is 3.14. The summed E-state index contributed by atoms with van der Waals surface area (Å²) in [4.78, 5) is 11.2. The van der Waals surface area contributed by atoms with Gasteiger partial charge in [0.15, 0.2) is 0 Å². The van der Waals surface area contributed by atoms with Gasteiger partial charge in [0.1, 0.15) is 0 Å². The maximum Gasteiger partial charge on any atom is 0.416 e. The highest BCUT2D eigenvalue weighted by Gasteiger charge is 2.29. The van der Waals surface area contributed by atoms with E-state index in [4.69, 9.17) is 4.74 Å². The van der Waals surface area contributed by atoms with E-state index in [-0.39, 0.29) is 18.4 Å². The normalized spacial score (nSPS) is 13.1. The highest BCUT2D eigenvalue weighted by atomic mass is 19.4. The summed E-state index contributed by atoms with van der Waals surface area (Å²) in [5, 5.41) is 3.06. The lowest BCUT2D eigenvalue weighted by Gasteiger charge is -2.13. The molecule has 0 spiro atoms. The molecule has 0 aliphatic heterocycles. The lowest BCUT2D eigenvalue weighted by atomic mass is 10.1. The molecule has 112 valence electrons. The average Bonchev–Trinajstić information content (AvgIpc) is 2.36. The van der Waals surface area contributed by atoms with Gasteiger partial charge >= 0.3 is 12.1 Å². The van der Waals surface area contributed by atoms with Crippen molar-refractivity contribution < 1.29 is 22.7 Å². The summed E-state index contributed by atoms with van der Waals surface area (Å²) in [5.41, 5.74) is 0.0644. The van der Waals surface area contributed by atoms with Gasteiger partial charge < -0.3 is 10.1 Å². The molecule has 0 aromatic heterocycles. The minimum atomic E-state index is -4.32. The van der Waals surface area contributed by atoms with E-state index in [1.807, 2.05) is 6.92 Å². The zero-order valence-corrected chi connectivity index (χ0v) is 11.5. The molecule has 1 atom stereocenters. The number of carbonyl (C=O) groups excluding carboxylic acids is 1. The van der Waals surface area contributed by atoms with Gasteiger partial charge in [0.25, 0.3) is 0 Å². The van der Waals surface area contributed by atoms with Crippen molar-refractivity contribution in [3.63, 3.8) is 0 Å². The van der Waals surface area contributed by atoms with Gasteiger partial charge in [0, 0.05) is 12.6 Å². The molecule has 0 amide bonds. The molecule has 3 nitrogen and oxygen atoms in total. The fourth-order valence-electron chi connectivity index (χ4n) is 1.65. The second-order valence-electron chi connectivity index (χ2n) is 4.49. The zero-order valence-electron chi connectivity index (χ0n) is 11.5. The van der Waals surface area contributed by atoms with Crippen molar-refractivity contribution in [3.8, 4) is 0 Å². The first kappa shape index (κ1) is 16.5. The van der Waals surface area contributed by atoms with E-state index < -0.39 is 11.7 Å². The Morgan fingerprint density at radius 2 is 1.90 bits per heavy atom. The third-order valence-corrected chi connectivity index (χ3v) is 2.71. The lowest BCUT2D eigenvalue weighted by Crippen LogP contribution is -2.28. The molecular formula is C14H18F3NO2. The first-order chi connectivity index (χ1) is 9.32. The first-order valence-electron chi connectivity index (χ1n) is 6.38. The van der Waals surface area contributed by atoms with E-state index in [0.29, 0.717) is 13.2 Å². The van der Waals surface area contributed by atoms with Crippen molar-refractivity contribution in [2.45, 2.75) is 39.0 Å². The van der Waals surface area contributed by atoms with Crippen LogP contribution in [0.5, 0.6) is 0 Å². The molecule has 6 heteroatoms. The molecule has 0 saturated heterocycles. The van der Waals surface area contributed by atoms with E-state index in [1.165, 1.54) is 12.1 Å². The van der Waals surface area contributed by atoms with Crippen LogP contribution in [0.15, 0.2) is 24.3 Å². The van der Waals surface area contributed by atoms with Crippen LogP contribution in [0, 0.1) is 0 Å². The largest absolute Gasteiger partial charge is 0.466 e. The molecule has 0 aliphatic carbocycles. The topological polar surface area (TPSA) is 38.3 Å². The first-order valence-corrected chi connectivity index (χ1v) is 6.38. The minimum absolute atomic E-state index is 0.101. The van der Waals surface area contributed by atoms with Crippen molar-refractivity contribution >= 4 is 5.97 Å². The third-order valence-electron chi connectivity index (χ3n) is 2.71. The average molecular weight is 289 g/mol. The molecule has 20 heavy (non-hydrogen) atoms. The van der Waals surface area contributed by atoms with Crippen molar-refractivity contribution in [3.05, 3.63) is 35.4 Å². The predicted molar refractivity (Wildman–Crippen MR) is 69.0 cm³/mol. The smallest absolute Gasteiger partial charge is 0.416 e. The van der Waals surface area contributed by atoms with Crippen molar-refractivity contribution in [2.24, 2.45) is 0 Å². The van der Waals surface area contributed by atoms with Crippen molar-refractivity contribution in [1.29, 1.82) is 0 Å². The Balaban J connectivity index is 2.44. The summed E-state index contributed by atoms with van der Waals surface area (Å²) in [6.45, 7) is 4.29. The SMILES string of the molecule is CCOC(=O)CC(C)NCc1ccc(C(F)(F)F)cc1. The van der Waals surface area contributed by atoms with Gasteiger partial charge in [0.2, 0.25) is 0 Å². The number of rotatable bonds is 6. The quantitative estimate of drug-likeness (QED) is 0.818. The second-order valence-corrected chi connectivity index (χ2v) is 4.49. The highest BCUT2D eigenvalue weighted by molar-refractivity contribution is 5.69.